The molecule has 74 valence electrons. The average Bonchev–Trinajstić information content (AvgIpc) is 2.18. The van der Waals surface area contributed by atoms with Crippen molar-refractivity contribution in [2.45, 2.75) is 13.8 Å². The summed E-state index contributed by atoms with van der Waals surface area (Å²) >= 11 is 0. The molecule has 0 saturated heterocycles. The van der Waals surface area contributed by atoms with Gasteiger partial charge in [-0.25, -0.2) is 0 Å². The first-order valence-corrected chi connectivity index (χ1v) is 4.41. The van der Waals surface area contributed by atoms with Crippen LogP contribution in [0.1, 0.15) is 13.8 Å². The van der Waals surface area contributed by atoms with E-state index in [0.717, 1.165) is 0 Å². The smallest absolute Gasteiger partial charge is 0.0808 e. The van der Waals surface area contributed by atoms with Gasteiger partial charge in [0.25, 0.3) is 0 Å². The second-order valence-corrected chi connectivity index (χ2v) is 2.50. The van der Waals surface area contributed by atoms with E-state index in [4.69, 9.17) is 0 Å². The van der Waals surface area contributed by atoms with Crippen LogP contribution in [0.4, 0.5) is 0 Å². The lowest BCUT2D eigenvalue weighted by atomic mass is 10.4. The summed E-state index contributed by atoms with van der Waals surface area (Å²) in [4.78, 5) is 8.10. The first-order valence-electron chi connectivity index (χ1n) is 4.41. The summed E-state index contributed by atoms with van der Waals surface area (Å²) < 4.78 is 0. The fourth-order valence-electron chi connectivity index (χ4n) is 0.587. The standard InChI is InChI=1S/C12H16N2/c1-5-7-9-13-11(3)12(4)14-10-8-6-2/h5-10H,3-4H2,1-2H3/b7-5-,8-6-,13-9?,14-10?. The summed E-state index contributed by atoms with van der Waals surface area (Å²) in [5.74, 6) is 0. The topological polar surface area (TPSA) is 24.7 Å². The lowest BCUT2D eigenvalue weighted by molar-refractivity contribution is 1.28. The normalized spacial score (nSPS) is 12.4. The third-order valence-electron chi connectivity index (χ3n) is 1.35. The van der Waals surface area contributed by atoms with Crippen LogP contribution in [0, 0.1) is 0 Å². The molecule has 0 bridgehead atoms. The molecule has 0 N–H and O–H groups in total. The highest BCUT2D eigenvalue weighted by molar-refractivity contribution is 5.74. The van der Waals surface area contributed by atoms with Gasteiger partial charge in [0.1, 0.15) is 0 Å². The van der Waals surface area contributed by atoms with Gasteiger partial charge in [-0.15, -0.1) is 0 Å². The van der Waals surface area contributed by atoms with E-state index in [1.807, 2.05) is 38.2 Å². The van der Waals surface area contributed by atoms with Crippen molar-refractivity contribution >= 4 is 12.4 Å². The third kappa shape index (κ3) is 5.89. The van der Waals surface area contributed by atoms with E-state index in [1.54, 1.807) is 12.4 Å². The first-order chi connectivity index (χ1) is 6.72. The Bertz CT molecular complexity index is 272. The second kappa shape index (κ2) is 7.92. The molecular weight excluding hydrogens is 172 g/mol. The van der Waals surface area contributed by atoms with E-state index in [-0.39, 0.29) is 0 Å². The Morgan fingerprint density at radius 2 is 1.21 bits per heavy atom. The van der Waals surface area contributed by atoms with Gasteiger partial charge in [0, 0.05) is 12.4 Å². The maximum atomic E-state index is 4.05. The van der Waals surface area contributed by atoms with Gasteiger partial charge in [-0.05, 0) is 26.0 Å². The van der Waals surface area contributed by atoms with E-state index in [1.165, 1.54) is 0 Å². The van der Waals surface area contributed by atoms with Crippen LogP contribution in [0.25, 0.3) is 0 Å². The van der Waals surface area contributed by atoms with E-state index in [2.05, 4.69) is 23.1 Å². The number of aliphatic imine (C=N–C) groups is 2. The van der Waals surface area contributed by atoms with Crippen molar-refractivity contribution in [2.24, 2.45) is 9.98 Å². The van der Waals surface area contributed by atoms with Gasteiger partial charge in [-0.2, -0.15) is 0 Å². The molecule has 0 aliphatic rings. The number of allylic oxidation sites excluding steroid dienone is 4. The first kappa shape index (κ1) is 12.3. The highest BCUT2D eigenvalue weighted by atomic mass is 14.8. The van der Waals surface area contributed by atoms with E-state index in [9.17, 15) is 0 Å². The molecule has 2 heteroatoms. The van der Waals surface area contributed by atoms with Gasteiger partial charge in [0.2, 0.25) is 0 Å². The molecule has 0 rings (SSSR count). The predicted octanol–water partition coefficient (Wildman–Crippen LogP) is 3.31. The van der Waals surface area contributed by atoms with E-state index < -0.39 is 0 Å². The zero-order valence-electron chi connectivity index (χ0n) is 8.77. The summed E-state index contributed by atoms with van der Waals surface area (Å²) in [7, 11) is 0. The largest absolute Gasteiger partial charge is 0.255 e. The fraction of sp³-hybridized carbons (Fsp3) is 0.167. The Morgan fingerprint density at radius 1 is 0.857 bits per heavy atom. The second-order valence-electron chi connectivity index (χ2n) is 2.50. The maximum Gasteiger partial charge on any atom is 0.0808 e. The van der Waals surface area contributed by atoms with Crippen LogP contribution in [-0.4, -0.2) is 12.4 Å². The monoisotopic (exact) mass is 188 g/mol. The zero-order valence-corrected chi connectivity index (χ0v) is 8.77. The molecule has 0 saturated carbocycles. The Morgan fingerprint density at radius 3 is 1.50 bits per heavy atom. The molecule has 0 atom stereocenters. The molecule has 0 radical (unpaired) electrons. The van der Waals surface area contributed by atoms with Crippen LogP contribution >= 0.6 is 0 Å². The maximum absolute atomic E-state index is 4.05. The lowest BCUT2D eigenvalue weighted by Gasteiger charge is -1.95. The summed E-state index contributed by atoms with van der Waals surface area (Å²) in [6.07, 6.45) is 10.8. The molecule has 0 aliphatic heterocycles. The SMILES string of the molecule is C=C(N=C/C=C\C)C(=C)N=C/C=C\C. The highest BCUT2D eigenvalue weighted by Gasteiger charge is 1.91. The minimum atomic E-state index is 0.573. The number of rotatable bonds is 5. The highest BCUT2D eigenvalue weighted by Crippen LogP contribution is 2.06. The van der Waals surface area contributed by atoms with Crippen LogP contribution in [0.2, 0.25) is 0 Å². The summed E-state index contributed by atoms with van der Waals surface area (Å²) in [5, 5.41) is 0. The molecule has 2 nitrogen and oxygen atoms in total. The molecule has 0 heterocycles. The lowest BCUT2D eigenvalue weighted by Crippen LogP contribution is -1.80. The minimum Gasteiger partial charge on any atom is -0.255 e. The molecule has 0 aromatic rings. The molecular formula is C12H16N2. The number of hydrogen-bond donors (Lipinski definition) is 0. The van der Waals surface area contributed by atoms with Crippen LogP contribution in [0.5, 0.6) is 0 Å². The van der Waals surface area contributed by atoms with Crippen LogP contribution in [0.3, 0.4) is 0 Å². The Labute approximate surface area is 85.8 Å². The van der Waals surface area contributed by atoms with Crippen molar-refractivity contribution in [3.63, 3.8) is 0 Å². The van der Waals surface area contributed by atoms with Crippen molar-refractivity contribution in [3.05, 3.63) is 48.9 Å². The third-order valence-corrected chi connectivity index (χ3v) is 1.35. The molecule has 0 amide bonds. The summed E-state index contributed by atoms with van der Waals surface area (Å²) in [6, 6.07) is 0. The van der Waals surface area contributed by atoms with Gasteiger partial charge in [-0.1, -0.05) is 25.3 Å². The van der Waals surface area contributed by atoms with Gasteiger partial charge in [0.05, 0.1) is 11.4 Å². The summed E-state index contributed by atoms with van der Waals surface area (Å²) in [5.41, 5.74) is 1.15. The van der Waals surface area contributed by atoms with Crippen LogP contribution < -0.4 is 0 Å². The summed E-state index contributed by atoms with van der Waals surface area (Å²) in [6.45, 7) is 11.3. The predicted molar refractivity (Wildman–Crippen MR) is 64.9 cm³/mol. The van der Waals surface area contributed by atoms with E-state index in [0.29, 0.717) is 11.4 Å². The van der Waals surface area contributed by atoms with Gasteiger partial charge < -0.3 is 0 Å². The van der Waals surface area contributed by atoms with Gasteiger partial charge in [-0.3, -0.25) is 9.98 Å². The Kier molecular flexibility index (Phi) is 6.96. The van der Waals surface area contributed by atoms with E-state index >= 15 is 0 Å². The fourth-order valence-corrected chi connectivity index (χ4v) is 0.587. The Balaban J connectivity index is 4.20. The quantitative estimate of drug-likeness (QED) is 0.467. The zero-order chi connectivity index (χ0) is 10.8. The molecule has 0 aliphatic carbocycles. The molecule has 0 spiro atoms. The van der Waals surface area contributed by atoms with Crippen molar-refractivity contribution in [3.8, 4) is 0 Å². The minimum absolute atomic E-state index is 0.573. The average molecular weight is 188 g/mol. The number of nitrogens with zero attached hydrogens (tertiary/aromatic N) is 2. The Hall–Kier alpha value is -1.70. The molecule has 14 heavy (non-hydrogen) atoms. The van der Waals surface area contributed by atoms with Crippen molar-refractivity contribution < 1.29 is 0 Å². The molecule has 0 fully saturated rings. The molecule has 0 unspecified atom stereocenters. The van der Waals surface area contributed by atoms with Crippen molar-refractivity contribution in [1.29, 1.82) is 0 Å². The molecule has 0 aromatic heterocycles. The van der Waals surface area contributed by atoms with Crippen LogP contribution in [0.15, 0.2) is 58.8 Å². The van der Waals surface area contributed by atoms with Crippen molar-refractivity contribution in [1.82, 2.24) is 0 Å². The molecule has 0 aromatic carbocycles. The van der Waals surface area contributed by atoms with Gasteiger partial charge >= 0.3 is 0 Å². The van der Waals surface area contributed by atoms with Gasteiger partial charge in [0.15, 0.2) is 0 Å². The number of hydrogen-bond acceptors (Lipinski definition) is 2. The van der Waals surface area contributed by atoms with Crippen LogP contribution in [-0.2, 0) is 0 Å². The van der Waals surface area contributed by atoms with Crippen molar-refractivity contribution in [2.75, 3.05) is 0 Å².